The number of nitrogens with zero attached hydrogens (tertiary/aromatic N) is 11. The Morgan fingerprint density at radius 2 is 0.863 bits per heavy atom. The molecule has 5 aliphatic rings. The van der Waals surface area contributed by atoms with E-state index in [-0.39, 0.29) is 57.8 Å². The Morgan fingerprint density at radius 1 is 0.510 bits per heavy atom. The van der Waals surface area contributed by atoms with Gasteiger partial charge in [-0.15, -0.1) is 9.42 Å². The number of fused-ring (bicyclic) bond motifs is 2. The fourth-order valence-electron chi connectivity index (χ4n) is 11.6. The number of hydrogen-bond donors (Lipinski definition) is 13. The lowest BCUT2D eigenvalue weighted by molar-refractivity contribution is -0.0641. The second kappa shape index (κ2) is 29.6. The second-order valence-electron chi connectivity index (χ2n) is 23.2. The Morgan fingerprint density at radius 3 is 1.25 bits per heavy atom. The lowest BCUT2D eigenvalue weighted by Gasteiger charge is -2.25. The van der Waals surface area contributed by atoms with Crippen LogP contribution in [0.4, 0.5) is 23.5 Å². The molecule has 0 saturated carbocycles. The van der Waals surface area contributed by atoms with Gasteiger partial charge < -0.3 is 71.3 Å². The highest BCUT2D eigenvalue weighted by atomic mass is 31.2. The molecule has 5 unspecified atom stereocenters. The quantitative estimate of drug-likeness (QED) is 0.0224. The summed E-state index contributed by atoms with van der Waals surface area (Å²) in [6.45, 7) is -3.44. The molecule has 5 fully saturated rings. The molecular formula is C48H62N18O31P5+. The molecule has 0 amide bonds. The Labute approximate surface area is 566 Å². The van der Waals surface area contributed by atoms with Crippen molar-refractivity contribution in [2.24, 2.45) is 0 Å². The standard InChI is InChI=1S/C48H61N18O31P5/c1-19-11-64(48(73)61-41(19)68)35-9-23(28(92-35)15-87-101(80,81)95-22-8-34(63-5-3-31(50)56-47(63)72)91-27(22)14-86-100(78,79)94-21-7-33(90-26(21)12-84-98(74)75)62-4-2-30(49)55-46(62)71)96-102(82,83)88-16-29-24(10-36(93-29)66-18-54-38-40(66)58-45(52)60-43(38)70)97-99(76,77)85-13-25-20(67)6-32(89-25)65-17-53-37-39(65)57-44(51)59-42(37)69/h2-5,11,17-18,20-29,32-36,67H,6-10,12-16H2,1H3,(H15-,49,50,51,52,55,56,57,58,59,60,61,68,69,70,71,72,73,74,75,76,77,78,79,80,81,82,83)/p+1/t20-,21-,22-,23-,24-,25+,26+,27+,28+,29+,32+,33+,34+,35+,36+/m0/s1. The van der Waals surface area contributed by atoms with Crippen LogP contribution >= 0.6 is 39.5 Å². The number of aliphatic hydroxyl groups is 1. The van der Waals surface area contributed by atoms with Crippen molar-refractivity contribution in [3.05, 3.63) is 111 Å². The first-order chi connectivity index (χ1) is 48.1. The molecule has 0 spiro atoms. The van der Waals surface area contributed by atoms with E-state index in [9.17, 15) is 81.2 Å². The molecule has 0 bridgehead atoms. The molecule has 54 heteroatoms. The third-order valence-electron chi connectivity index (χ3n) is 16.3. The number of ether oxygens (including phenoxy) is 5. The van der Waals surface area contributed by atoms with Crippen molar-refractivity contribution in [3.8, 4) is 0 Å². The van der Waals surface area contributed by atoms with Crippen LogP contribution in [0, 0.1) is 6.92 Å². The average molecular weight is 1540 g/mol. The van der Waals surface area contributed by atoms with Crippen molar-refractivity contribution in [1.82, 2.24) is 67.7 Å². The predicted molar refractivity (Wildman–Crippen MR) is 334 cm³/mol. The molecule has 49 nitrogen and oxygen atoms in total. The third kappa shape index (κ3) is 17.0. The zero-order chi connectivity index (χ0) is 73.1. The van der Waals surface area contributed by atoms with E-state index in [0.29, 0.717) is 0 Å². The van der Waals surface area contributed by atoms with Gasteiger partial charge in [0.05, 0.1) is 45.2 Å². The van der Waals surface area contributed by atoms with E-state index in [0.717, 1.165) is 32.4 Å². The average Bonchev–Trinajstić information content (AvgIpc) is 1.66. The molecule has 0 radical (unpaired) electrons. The van der Waals surface area contributed by atoms with E-state index in [4.69, 9.17) is 87.3 Å². The van der Waals surface area contributed by atoms with Gasteiger partial charge in [-0.05, 0) is 19.1 Å². The Bertz CT molecular complexity index is 4920. The first-order valence-corrected chi connectivity index (χ1v) is 37.1. The number of imidazole rings is 2. The summed E-state index contributed by atoms with van der Waals surface area (Å²) in [5.74, 6) is -0.969. The zero-order valence-corrected chi connectivity index (χ0v) is 56.6. The number of phosphoric acid groups is 4. The number of aromatic amines is 3. The van der Waals surface area contributed by atoms with Crippen LogP contribution in [0.5, 0.6) is 0 Å². The van der Waals surface area contributed by atoms with Gasteiger partial charge in [0, 0.05) is 60.8 Å². The molecule has 7 aromatic heterocycles. The van der Waals surface area contributed by atoms with Gasteiger partial charge in [0.25, 0.3) is 16.7 Å². The largest absolute Gasteiger partial charge is 0.694 e. The maximum absolute atomic E-state index is 14.2. The van der Waals surface area contributed by atoms with Crippen LogP contribution in [0.3, 0.4) is 0 Å². The highest BCUT2D eigenvalue weighted by molar-refractivity contribution is 7.48. The molecule has 554 valence electrons. The van der Waals surface area contributed by atoms with Gasteiger partial charge in [-0.1, -0.05) is 0 Å². The molecule has 5 aliphatic heterocycles. The molecular weight excluding hydrogens is 1480 g/mol. The van der Waals surface area contributed by atoms with Gasteiger partial charge >= 0.3 is 56.6 Å². The number of nitrogens with two attached hydrogens (primary N) is 4. The highest BCUT2D eigenvalue weighted by Gasteiger charge is 2.50. The summed E-state index contributed by atoms with van der Waals surface area (Å²) in [7, 11) is -25.1. The van der Waals surface area contributed by atoms with E-state index in [1.54, 1.807) is 0 Å². The summed E-state index contributed by atoms with van der Waals surface area (Å²) in [6.07, 6.45) is -19.0. The number of anilines is 4. The Kier molecular flexibility index (Phi) is 21.6. The van der Waals surface area contributed by atoms with E-state index < -0.39 is 224 Å². The fraction of sp³-hybridized carbons (Fsp3) is 0.542. The first-order valence-electron chi connectivity index (χ1n) is 30.0. The minimum atomic E-state index is -5.57. The number of aromatic nitrogens is 14. The number of phosphoric ester groups is 4. The van der Waals surface area contributed by atoms with Crippen molar-refractivity contribution >= 4 is 85.4 Å². The third-order valence-corrected chi connectivity index (χ3v) is 20.7. The Balaban J connectivity index is 0.738. The van der Waals surface area contributed by atoms with Gasteiger partial charge in [0.15, 0.2) is 22.3 Å². The van der Waals surface area contributed by atoms with Crippen LogP contribution in [0.2, 0.25) is 0 Å². The van der Waals surface area contributed by atoms with E-state index in [1.807, 2.05) is 0 Å². The molecule has 20 atom stereocenters. The number of nitrogens with one attached hydrogen (secondary N) is 3. The summed E-state index contributed by atoms with van der Waals surface area (Å²) < 4.78 is 151. The lowest BCUT2D eigenvalue weighted by Crippen LogP contribution is -2.33. The van der Waals surface area contributed by atoms with E-state index >= 15 is 0 Å². The number of rotatable bonds is 28. The normalized spacial score (nSPS) is 29.3. The highest BCUT2D eigenvalue weighted by Crippen LogP contribution is 2.55. The zero-order valence-electron chi connectivity index (χ0n) is 52.1. The van der Waals surface area contributed by atoms with Crippen LogP contribution in [-0.2, 0) is 87.2 Å². The van der Waals surface area contributed by atoms with Crippen molar-refractivity contribution in [1.29, 1.82) is 0 Å². The topological polar surface area (TPSA) is 692 Å². The van der Waals surface area contributed by atoms with E-state index in [2.05, 4.69) is 44.9 Å². The molecule has 17 N–H and O–H groups in total. The monoisotopic (exact) mass is 1540 g/mol. The fourth-order valence-corrected chi connectivity index (χ4v) is 15.7. The summed E-state index contributed by atoms with van der Waals surface area (Å²) in [5.41, 5.74) is 17.1. The van der Waals surface area contributed by atoms with Crippen LogP contribution in [0.15, 0.2) is 72.1 Å². The van der Waals surface area contributed by atoms with Crippen LogP contribution in [0.1, 0.15) is 68.8 Å². The van der Waals surface area contributed by atoms with Crippen molar-refractivity contribution < 1.29 is 117 Å². The minimum absolute atomic E-state index is 0.000658. The Hall–Kier alpha value is -7.44. The van der Waals surface area contributed by atoms with Crippen LogP contribution in [-0.4, -0.2) is 191 Å². The molecule has 0 aliphatic carbocycles. The number of aliphatic hydroxyl groups excluding tert-OH is 1. The van der Waals surface area contributed by atoms with Gasteiger partial charge in [0.1, 0.15) is 104 Å². The maximum atomic E-state index is 14.2. The maximum Gasteiger partial charge on any atom is 0.694 e. The molecule has 12 heterocycles. The van der Waals surface area contributed by atoms with Gasteiger partial charge in [-0.3, -0.25) is 88.4 Å². The molecule has 102 heavy (non-hydrogen) atoms. The predicted octanol–water partition coefficient (Wildman–Crippen LogP) is -2.57. The van der Waals surface area contributed by atoms with Gasteiger partial charge in [-0.2, -0.15) is 19.9 Å². The summed E-state index contributed by atoms with van der Waals surface area (Å²) in [4.78, 5) is 161. The van der Waals surface area contributed by atoms with Gasteiger partial charge in [0.2, 0.25) is 11.9 Å². The SMILES string of the molecule is Cc1cn([C@H]2C[C@H](OP(=O)(O)OC[C@H]3O[C@@H](n4cnc5c(=O)[nH]c(N)nc54)C[C@@H]3OP(=O)(O)OC[C@H]3O[C@@H](n4cnc5c(=O)[nH]c(N)nc54)C[C@@H]3O)[C@@H](COP(=O)(O)O[C@H]3C[C@H](n4ccc(N)nc4=O)O[C@@H]3COP(=O)(O)O[C@H]3C[C@H](n4ccc(N)nc4=O)O[C@@H]3CO[P+](=O)O)O2)c(=O)[nH]c1=O. The number of H-pyrrole nitrogens is 3. The molecule has 5 saturated heterocycles. The number of hydrogen-bond acceptors (Lipinski definition) is 36. The molecule has 7 aromatic rings. The lowest BCUT2D eigenvalue weighted by atomic mass is 10.2. The van der Waals surface area contributed by atoms with Crippen LogP contribution in [0.25, 0.3) is 22.3 Å². The second-order valence-corrected chi connectivity index (χ2v) is 29.5. The van der Waals surface area contributed by atoms with Crippen molar-refractivity contribution in [2.75, 3.05) is 56.0 Å². The molecule has 12 rings (SSSR count). The summed E-state index contributed by atoms with van der Waals surface area (Å²) >= 11 is 0. The first kappa shape index (κ1) is 74.3. The smallest absolute Gasteiger partial charge is 0.390 e. The number of nitrogen functional groups attached to an aromatic ring is 4. The minimum Gasteiger partial charge on any atom is -0.390 e. The van der Waals surface area contributed by atoms with Crippen LogP contribution < -0.4 is 56.7 Å². The summed E-state index contributed by atoms with van der Waals surface area (Å²) in [6, 6.07) is 2.44. The summed E-state index contributed by atoms with van der Waals surface area (Å²) in [5, 5.41) is 11.0. The van der Waals surface area contributed by atoms with Gasteiger partial charge in [-0.25, -0.2) is 42.6 Å². The van der Waals surface area contributed by atoms with Crippen molar-refractivity contribution in [2.45, 2.75) is 131 Å². The molecule has 0 aromatic carbocycles. The van der Waals surface area contributed by atoms with E-state index in [1.165, 1.54) is 40.7 Å². The number of aryl methyl sites for hydroxylation is 1. The van der Waals surface area contributed by atoms with Crippen molar-refractivity contribution in [3.63, 3.8) is 0 Å².